The minimum atomic E-state index is -0.938. The van der Waals surface area contributed by atoms with E-state index in [1.165, 1.54) is 9.80 Å². The lowest BCUT2D eigenvalue weighted by Gasteiger charge is -2.31. The van der Waals surface area contributed by atoms with Crippen LogP contribution in [0.5, 0.6) is 0 Å². The first-order chi connectivity index (χ1) is 7.15. The van der Waals surface area contributed by atoms with E-state index in [0.29, 0.717) is 12.3 Å². The summed E-state index contributed by atoms with van der Waals surface area (Å²) in [5.74, 6) is 0.462. The van der Waals surface area contributed by atoms with E-state index < -0.39 is 12.3 Å². The Hall–Kier alpha value is -1.40. The summed E-state index contributed by atoms with van der Waals surface area (Å²) in [6.45, 7) is -0.0816. The van der Waals surface area contributed by atoms with Gasteiger partial charge in [-0.1, -0.05) is 0 Å². The molecule has 0 aliphatic carbocycles. The average molecular weight is 211 g/mol. The standard InChI is InChI=1S/C9H13N3O3/c1-11-4-2-7-10-8(14)6(3-5-13)12(7)9(11)15/h2,4,6,8,13-14H,3,5H2,1H3. The predicted octanol–water partition coefficient (Wildman–Crippen LogP) is -0.651. The Morgan fingerprint density at radius 1 is 1.60 bits per heavy atom. The second-order valence-corrected chi connectivity index (χ2v) is 3.56. The highest BCUT2D eigenvalue weighted by Gasteiger charge is 2.40. The van der Waals surface area contributed by atoms with Crippen molar-refractivity contribution in [2.24, 2.45) is 4.99 Å². The highest BCUT2D eigenvalue weighted by molar-refractivity contribution is 6.07. The molecule has 0 saturated heterocycles. The van der Waals surface area contributed by atoms with Crippen molar-refractivity contribution in [2.45, 2.75) is 18.7 Å². The third-order valence-electron chi connectivity index (χ3n) is 2.57. The second kappa shape index (κ2) is 3.63. The molecule has 2 atom stereocenters. The number of carbonyl (C=O) groups excluding carboxylic acids is 1. The molecular formula is C9H13N3O3. The van der Waals surface area contributed by atoms with Gasteiger partial charge in [-0.3, -0.25) is 4.90 Å². The fourth-order valence-electron chi connectivity index (χ4n) is 1.77. The Morgan fingerprint density at radius 3 is 3.00 bits per heavy atom. The molecule has 82 valence electrons. The van der Waals surface area contributed by atoms with Crippen LogP contribution in [0.15, 0.2) is 17.3 Å². The molecule has 6 heteroatoms. The number of urea groups is 1. The van der Waals surface area contributed by atoms with Crippen molar-refractivity contribution in [3.8, 4) is 0 Å². The van der Waals surface area contributed by atoms with Crippen LogP contribution >= 0.6 is 0 Å². The molecule has 0 fully saturated rings. The fraction of sp³-hybridized carbons (Fsp3) is 0.556. The van der Waals surface area contributed by atoms with Gasteiger partial charge in [-0.05, 0) is 12.5 Å². The third-order valence-corrected chi connectivity index (χ3v) is 2.57. The van der Waals surface area contributed by atoms with Gasteiger partial charge in [0.1, 0.15) is 5.84 Å². The van der Waals surface area contributed by atoms with Crippen LogP contribution in [0, 0.1) is 0 Å². The van der Waals surface area contributed by atoms with E-state index in [2.05, 4.69) is 4.99 Å². The van der Waals surface area contributed by atoms with Gasteiger partial charge in [-0.25, -0.2) is 9.79 Å². The lowest BCUT2D eigenvalue weighted by Crippen LogP contribution is -2.50. The summed E-state index contributed by atoms with van der Waals surface area (Å²) < 4.78 is 0. The molecule has 0 spiro atoms. The van der Waals surface area contributed by atoms with Crippen LogP contribution in [-0.2, 0) is 0 Å². The molecule has 6 nitrogen and oxygen atoms in total. The van der Waals surface area contributed by atoms with Crippen molar-refractivity contribution in [1.29, 1.82) is 0 Å². The zero-order valence-electron chi connectivity index (χ0n) is 8.37. The quantitative estimate of drug-likeness (QED) is 0.637. The largest absolute Gasteiger partial charge is 0.396 e. The summed E-state index contributed by atoms with van der Waals surface area (Å²) in [5, 5.41) is 18.5. The molecule has 2 amide bonds. The topological polar surface area (TPSA) is 76.4 Å². The Labute approximate surface area is 87.1 Å². The summed E-state index contributed by atoms with van der Waals surface area (Å²) in [7, 11) is 1.64. The Kier molecular flexibility index (Phi) is 2.45. The number of aliphatic hydroxyl groups excluding tert-OH is 2. The first kappa shape index (κ1) is 10.1. The number of nitrogens with zero attached hydrogens (tertiary/aromatic N) is 3. The number of amidine groups is 1. The lowest BCUT2D eigenvalue weighted by atomic mass is 10.1. The van der Waals surface area contributed by atoms with Crippen LogP contribution in [0.3, 0.4) is 0 Å². The van der Waals surface area contributed by atoms with Crippen molar-refractivity contribution in [2.75, 3.05) is 13.7 Å². The van der Waals surface area contributed by atoms with Crippen LogP contribution < -0.4 is 0 Å². The van der Waals surface area contributed by atoms with Gasteiger partial charge < -0.3 is 15.1 Å². The lowest BCUT2D eigenvalue weighted by molar-refractivity contribution is 0.0964. The number of hydrogen-bond donors (Lipinski definition) is 2. The number of aliphatic imine (C=N–C) groups is 1. The van der Waals surface area contributed by atoms with Crippen LogP contribution in [0.25, 0.3) is 0 Å². The van der Waals surface area contributed by atoms with Gasteiger partial charge in [0.2, 0.25) is 0 Å². The maximum Gasteiger partial charge on any atom is 0.329 e. The van der Waals surface area contributed by atoms with E-state index in [0.717, 1.165) is 0 Å². The van der Waals surface area contributed by atoms with Gasteiger partial charge in [0.25, 0.3) is 0 Å². The number of hydrogen-bond acceptors (Lipinski definition) is 4. The Morgan fingerprint density at radius 2 is 2.33 bits per heavy atom. The zero-order chi connectivity index (χ0) is 11.0. The summed E-state index contributed by atoms with van der Waals surface area (Å²) in [6, 6.07) is -0.684. The fourth-order valence-corrected chi connectivity index (χ4v) is 1.77. The molecule has 15 heavy (non-hydrogen) atoms. The normalized spacial score (nSPS) is 29.5. The van der Waals surface area contributed by atoms with E-state index >= 15 is 0 Å². The van der Waals surface area contributed by atoms with E-state index in [1.54, 1.807) is 19.3 Å². The van der Waals surface area contributed by atoms with Crippen molar-refractivity contribution in [3.63, 3.8) is 0 Å². The van der Waals surface area contributed by atoms with Gasteiger partial charge in [-0.2, -0.15) is 0 Å². The number of aliphatic hydroxyl groups is 2. The maximum absolute atomic E-state index is 11.8. The van der Waals surface area contributed by atoms with Crippen LogP contribution in [-0.4, -0.2) is 57.8 Å². The predicted molar refractivity (Wildman–Crippen MR) is 53.1 cm³/mol. The number of amides is 2. The molecule has 0 saturated carbocycles. The number of rotatable bonds is 2. The number of carbonyl (C=O) groups is 1. The zero-order valence-corrected chi connectivity index (χ0v) is 8.37. The smallest absolute Gasteiger partial charge is 0.329 e. The van der Waals surface area contributed by atoms with E-state index in [4.69, 9.17) is 5.11 Å². The van der Waals surface area contributed by atoms with E-state index in [9.17, 15) is 9.90 Å². The summed E-state index contributed by atoms with van der Waals surface area (Å²) in [6.07, 6.45) is 2.65. The first-order valence-corrected chi connectivity index (χ1v) is 4.76. The van der Waals surface area contributed by atoms with Crippen LogP contribution in [0.4, 0.5) is 4.79 Å². The Balaban J connectivity index is 2.27. The highest BCUT2D eigenvalue weighted by atomic mass is 16.3. The molecule has 2 heterocycles. The molecule has 0 bridgehead atoms. The van der Waals surface area contributed by atoms with Crippen LogP contribution in [0.2, 0.25) is 0 Å². The summed E-state index contributed by atoms with van der Waals surface area (Å²) in [4.78, 5) is 18.5. The SMILES string of the molecule is CN1C=CC2=NC(O)C(CCO)N2C1=O. The van der Waals surface area contributed by atoms with Crippen LogP contribution in [0.1, 0.15) is 6.42 Å². The van der Waals surface area contributed by atoms with Gasteiger partial charge >= 0.3 is 6.03 Å². The molecule has 0 aromatic rings. The molecule has 2 aliphatic heterocycles. The van der Waals surface area contributed by atoms with Crippen molar-refractivity contribution in [3.05, 3.63) is 12.3 Å². The average Bonchev–Trinajstić information content (AvgIpc) is 2.51. The van der Waals surface area contributed by atoms with Gasteiger partial charge in [-0.15, -0.1) is 0 Å². The van der Waals surface area contributed by atoms with E-state index in [-0.39, 0.29) is 12.6 Å². The molecule has 0 aromatic carbocycles. The van der Waals surface area contributed by atoms with Crippen molar-refractivity contribution < 1.29 is 15.0 Å². The first-order valence-electron chi connectivity index (χ1n) is 4.76. The molecule has 2 aliphatic rings. The second-order valence-electron chi connectivity index (χ2n) is 3.56. The molecule has 2 N–H and O–H groups in total. The minimum absolute atomic E-state index is 0.0816. The van der Waals surface area contributed by atoms with Gasteiger partial charge in [0, 0.05) is 19.9 Å². The Bertz CT molecular complexity index is 339. The summed E-state index contributed by atoms with van der Waals surface area (Å²) >= 11 is 0. The molecule has 0 radical (unpaired) electrons. The van der Waals surface area contributed by atoms with Gasteiger partial charge in [0.05, 0.1) is 6.04 Å². The summed E-state index contributed by atoms with van der Waals surface area (Å²) in [5.41, 5.74) is 0. The van der Waals surface area contributed by atoms with E-state index in [1.807, 2.05) is 0 Å². The van der Waals surface area contributed by atoms with Crippen molar-refractivity contribution in [1.82, 2.24) is 9.80 Å². The van der Waals surface area contributed by atoms with Crippen molar-refractivity contribution >= 4 is 11.9 Å². The minimum Gasteiger partial charge on any atom is -0.396 e. The molecule has 2 unspecified atom stereocenters. The molecule has 0 aromatic heterocycles. The van der Waals surface area contributed by atoms with Gasteiger partial charge in [0.15, 0.2) is 6.23 Å². The monoisotopic (exact) mass is 211 g/mol. The number of fused-ring (bicyclic) bond motifs is 1. The molecular weight excluding hydrogens is 198 g/mol. The molecule has 2 rings (SSSR count). The maximum atomic E-state index is 11.8. The third kappa shape index (κ3) is 1.51. The highest BCUT2D eigenvalue weighted by Crippen LogP contribution is 2.23.